The van der Waals surface area contributed by atoms with Gasteiger partial charge in [0.05, 0.1) is 23.3 Å². The highest BCUT2D eigenvalue weighted by Gasteiger charge is 2.37. The number of nitrogens with zero attached hydrogens (tertiary/aromatic N) is 3. The highest BCUT2D eigenvalue weighted by Crippen LogP contribution is 2.31. The Hall–Kier alpha value is -2.97. The fraction of sp³-hybridized carbons (Fsp3) is 0.389. The van der Waals surface area contributed by atoms with Crippen LogP contribution in [0.2, 0.25) is 0 Å². The first-order chi connectivity index (χ1) is 12.9. The number of amides is 2. The second kappa shape index (κ2) is 7.73. The molecule has 2 amide bonds. The first-order valence-electron chi connectivity index (χ1n) is 8.46. The third-order valence-electron chi connectivity index (χ3n) is 4.69. The molecule has 0 saturated carbocycles. The predicted octanol–water partition coefficient (Wildman–Crippen LogP) is 2.11. The number of hydrogen-bond acceptors (Lipinski definition) is 4. The molecule has 0 unspecified atom stereocenters. The Morgan fingerprint density at radius 1 is 1.30 bits per heavy atom. The lowest BCUT2D eigenvalue weighted by Gasteiger charge is -2.39. The standard InChI is InChI=1S/C18H20F2N4O3/c1-23-15(25)8-7-12(16(23)13-9-10-21-24(13)2)22-17(26)11-5-3-4-6-14(11)27-18(19)20/h3-6,9-10,12,16,18H,7-8H2,1-2H3,(H,22,26)/t12-,16-/m0/s1. The van der Waals surface area contributed by atoms with Gasteiger partial charge in [0.25, 0.3) is 5.91 Å². The topological polar surface area (TPSA) is 76.5 Å². The number of alkyl halides is 2. The maximum atomic E-state index is 12.7. The first-order valence-corrected chi connectivity index (χ1v) is 8.46. The number of para-hydroxylation sites is 1. The van der Waals surface area contributed by atoms with Crippen molar-refractivity contribution in [3.8, 4) is 5.75 Å². The number of carbonyl (C=O) groups excluding carboxylic acids is 2. The number of halogens is 2. The average molecular weight is 378 g/mol. The van der Waals surface area contributed by atoms with Crippen molar-refractivity contribution in [3.05, 3.63) is 47.8 Å². The molecule has 1 fully saturated rings. The van der Waals surface area contributed by atoms with Crippen LogP contribution in [0.3, 0.4) is 0 Å². The Labute approximate surface area is 154 Å². The number of rotatable bonds is 5. The van der Waals surface area contributed by atoms with Crippen molar-refractivity contribution < 1.29 is 23.1 Å². The Kier molecular flexibility index (Phi) is 5.38. The van der Waals surface area contributed by atoms with Crippen molar-refractivity contribution in [1.29, 1.82) is 0 Å². The molecule has 1 aromatic heterocycles. The van der Waals surface area contributed by atoms with E-state index in [0.29, 0.717) is 6.42 Å². The van der Waals surface area contributed by atoms with Gasteiger partial charge in [0.15, 0.2) is 0 Å². The number of hydrogen-bond donors (Lipinski definition) is 1. The van der Waals surface area contributed by atoms with E-state index < -0.39 is 24.6 Å². The summed E-state index contributed by atoms with van der Waals surface area (Å²) in [6.45, 7) is -3.03. The molecule has 0 spiro atoms. The SMILES string of the molecule is CN1C(=O)CC[C@H](NC(=O)c2ccccc2OC(F)F)[C@H]1c1ccnn1C. The zero-order valence-corrected chi connectivity index (χ0v) is 14.9. The minimum Gasteiger partial charge on any atom is -0.434 e. The molecule has 1 saturated heterocycles. The van der Waals surface area contributed by atoms with E-state index in [9.17, 15) is 18.4 Å². The van der Waals surface area contributed by atoms with Crippen LogP contribution in [-0.4, -0.2) is 46.2 Å². The fourth-order valence-corrected chi connectivity index (χ4v) is 3.37. The van der Waals surface area contributed by atoms with Crippen LogP contribution >= 0.6 is 0 Å². The van der Waals surface area contributed by atoms with E-state index in [1.54, 1.807) is 42.0 Å². The van der Waals surface area contributed by atoms with Gasteiger partial charge in [-0.15, -0.1) is 0 Å². The number of likely N-dealkylation sites (N-methyl/N-ethyl adjacent to an activating group) is 1. The van der Waals surface area contributed by atoms with E-state index in [4.69, 9.17) is 0 Å². The largest absolute Gasteiger partial charge is 0.434 e. The lowest BCUT2D eigenvalue weighted by molar-refractivity contribution is -0.136. The molecule has 0 bridgehead atoms. The third-order valence-corrected chi connectivity index (χ3v) is 4.69. The smallest absolute Gasteiger partial charge is 0.387 e. The predicted molar refractivity (Wildman–Crippen MR) is 92.3 cm³/mol. The van der Waals surface area contributed by atoms with Gasteiger partial charge in [-0.05, 0) is 24.6 Å². The summed E-state index contributed by atoms with van der Waals surface area (Å²) in [5, 5.41) is 7.00. The maximum Gasteiger partial charge on any atom is 0.387 e. The zero-order valence-electron chi connectivity index (χ0n) is 14.9. The summed E-state index contributed by atoms with van der Waals surface area (Å²) in [7, 11) is 3.43. The fourth-order valence-electron chi connectivity index (χ4n) is 3.37. The Morgan fingerprint density at radius 2 is 2.04 bits per heavy atom. The van der Waals surface area contributed by atoms with E-state index in [2.05, 4.69) is 15.2 Å². The highest BCUT2D eigenvalue weighted by molar-refractivity contribution is 5.97. The van der Waals surface area contributed by atoms with Gasteiger partial charge in [0.1, 0.15) is 5.75 Å². The van der Waals surface area contributed by atoms with Gasteiger partial charge in [-0.2, -0.15) is 13.9 Å². The molecule has 2 atom stereocenters. The van der Waals surface area contributed by atoms with Gasteiger partial charge in [-0.25, -0.2) is 0 Å². The third kappa shape index (κ3) is 3.91. The normalized spacial score (nSPS) is 20.0. The highest BCUT2D eigenvalue weighted by atomic mass is 19.3. The minimum absolute atomic E-state index is 0.0149. The monoisotopic (exact) mass is 378 g/mol. The summed E-state index contributed by atoms with van der Waals surface area (Å²) in [5.41, 5.74) is 0.786. The molecule has 144 valence electrons. The lowest BCUT2D eigenvalue weighted by atomic mass is 9.93. The number of aryl methyl sites for hydroxylation is 1. The molecule has 0 aliphatic carbocycles. The van der Waals surface area contributed by atoms with Gasteiger partial charge in [0, 0.05) is 26.7 Å². The van der Waals surface area contributed by atoms with Crippen molar-refractivity contribution in [2.24, 2.45) is 7.05 Å². The van der Waals surface area contributed by atoms with Gasteiger partial charge in [-0.3, -0.25) is 14.3 Å². The van der Waals surface area contributed by atoms with Crippen LogP contribution in [-0.2, 0) is 11.8 Å². The molecule has 7 nitrogen and oxygen atoms in total. The number of ether oxygens (including phenoxy) is 1. The second-order valence-corrected chi connectivity index (χ2v) is 6.32. The molecule has 0 radical (unpaired) electrons. The molecule has 2 heterocycles. The Bertz CT molecular complexity index is 840. The molecule has 1 aromatic carbocycles. The van der Waals surface area contributed by atoms with Crippen molar-refractivity contribution in [2.45, 2.75) is 31.5 Å². The summed E-state index contributed by atoms with van der Waals surface area (Å²) in [5.74, 6) is -0.762. The molecule has 1 aliphatic rings. The molecule has 1 N–H and O–H groups in total. The molecular formula is C18H20F2N4O3. The molecule has 3 rings (SSSR count). The summed E-state index contributed by atoms with van der Waals surface area (Å²) >= 11 is 0. The number of nitrogens with one attached hydrogen (secondary N) is 1. The van der Waals surface area contributed by atoms with Crippen LogP contribution in [0.4, 0.5) is 8.78 Å². The Balaban J connectivity index is 1.86. The molecular weight excluding hydrogens is 358 g/mol. The van der Waals surface area contributed by atoms with Crippen molar-refractivity contribution >= 4 is 11.8 Å². The maximum absolute atomic E-state index is 12.7. The van der Waals surface area contributed by atoms with Gasteiger partial charge >= 0.3 is 6.61 Å². The van der Waals surface area contributed by atoms with Gasteiger partial charge < -0.3 is 15.0 Å². The molecule has 9 heteroatoms. The summed E-state index contributed by atoms with van der Waals surface area (Å²) < 4.78 is 31.3. The lowest BCUT2D eigenvalue weighted by Crippen LogP contribution is -2.51. The van der Waals surface area contributed by atoms with Crippen LogP contribution in [0, 0.1) is 0 Å². The van der Waals surface area contributed by atoms with E-state index in [0.717, 1.165) is 5.69 Å². The van der Waals surface area contributed by atoms with Crippen LogP contribution < -0.4 is 10.1 Å². The van der Waals surface area contributed by atoms with E-state index >= 15 is 0 Å². The van der Waals surface area contributed by atoms with Gasteiger partial charge in [-0.1, -0.05) is 12.1 Å². The molecule has 2 aromatic rings. The second-order valence-electron chi connectivity index (χ2n) is 6.32. The molecule has 27 heavy (non-hydrogen) atoms. The minimum atomic E-state index is -3.03. The number of benzene rings is 1. The first kappa shape index (κ1) is 18.8. The van der Waals surface area contributed by atoms with E-state index in [1.807, 2.05) is 0 Å². The number of piperidine rings is 1. The van der Waals surface area contributed by atoms with E-state index in [1.165, 1.54) is 18.2 Å². The van der Waals surface area contributed by atoms with Crippen molar-refractivity contribution in [3.63, 3.8) is 0 Å². The summed E-state index contributed by atoms with van der Waals surface area (Å²) in [4.78, 5) is 26.5. The number of likely N-dealkylation sites (tertiary alicyclic amines) is 1. The van der Waals surface area contributed by atoms with Crippen LogP contribution in [0.1, 0.15) is 34.9 Å². The van der Waals surface area contributed by atoms with Crippen LogP contribution in [0.5, 0.6) is 5.75 Å². The zero-order chi connectivity index (χ0) is 19.6. The van der Waals surface area contributed by atoms with Gasteiger partial charge in [0.2, 0.25) is 5.91 Å². The summed E-state index contributed by atoms with van der Waals surface area (Å²) in [6.07, 6.45) is 2.33. The van der Waals surface area contributed by atoms with E-state index in [-0.39, 0.29) is 23.6 Å². The summed E-state index contributed by atoms with van der Waals surface area (Å²) in [6, 6.07) is 6.80. The molecule has 1 aliphatic heterocycles. The Morgan fingerprint density at radius 3 is 2.70 bits per heavy atom. The van der Waals surface area contributed by atoms with Crippen molar-refractivity contribution in [2.75, 3.05) is 7.05 Å². The average Bonchev–Trinajstić information content (AvgIpc) is 3.04. The van der Waals surface area contributed by atoms with Crippen LogP contribution in [0.25, 0.3) is 0 Å². The van der Waals surface area contributed by atoms with Crippen molar-refractivity contribution in [1.82, 2.24) is 20.0 Å². The number of carbonyl (C=O) groups is 2. The quantitative estimate of drug-likeness (QED) is 0.865. The van der Waals surface area contributed by atoms with Crippen LogP contribution in [0.15, 0.2) is 36.5 Å². The number of aromatic nitrogens is 2.